The summed E-state index contributed by atoms with van der Waals surface area (Å²) < 4.78 is 19.5. The number of nitrogens with one attached hydrogen (secondary N) is 1. The van der Waals surface area contributed by atoms with E-state index in [9.17, 15) is 14.0 Å². The second-order valence-corrected chi connectivity index (χ2v) is 9.66. The highest BCUT2D eigenvalue weighted by atomic mass is 35.5. The normalized spacial score (nSPS) is 12.9. The van der Waals surface area contributed by atoms with E-state index in [2.05, 4.69) is 15.3 Å². The fourth-order valence-corrected chi connectivity index (χ4v) is 4.82. The number of halogens is 2. The number of fused-ring (bicyclic) bond motifs is 1. The summed E-state index contributed by atoms with van der Waals surface area (Å²) in [6.07, 6.45) is 5.09. The lowest BCUT2D eigenvalue weighted by Crippen LogP contribution is -2.33. The van der Waals surface area contributed by atoms with Crippen LogP contribution >= 0.6 is 11.6 Å². The molecule has 0 saturated heterocycles. The van der Waals surface area contributed by atoms with E-state index in [-0.39, 0.29) is 34.9 Å². The van der Waals surface area contributed by atoms with Crippen molar-refractivity contribution >= 4 is 40.3 Å². The van der Waals surface area contributed by atoms with Crippen molar-refractivity contribution in [3.8, 4) is 22.5 Å². The monoisotopic (exact) mass is 540 g/mol. The topological polar surface area (TPSA) is 88.3 Å². The van der Waals surface area contributed by atoms with Crippen molar-refractivity contribution in [2.45, 2.75) is 18.9 Å². The van der Waals surface area contributed by atoms with Gasteiger partial charge in [-0.1, -0.05) is 17.7 Å². The number of carbonyl (C=O) groups excluding carboxylic acids is 2. The highest BCUT2D eigenvalue weighted by Gasteiger charge is 2.35. The molecule has 1 N–H and O–H groups in total. The molecule has 5 aromatic rings. The molecule has 6 rings (SSSR count). The van der Waals surface area contributed by atoms with Gasteiger partial charge in [0.05, 0.1) is 10.9 Å². The van der Waals surface area contributed by atoms with Crippen LogP contribution in [0.25, 0.3) is 33.6 Å². The van der Waals surface area contributed by atoms with Crippen molar-refractivity contribution in [2.75, 3.05) is 11.9 Å². The second-order valence-electron chi connectivity index (χ2n) is 9.26. The summed E-state index contributed by atoms with van der Waals surface area (Å²) in [5, 5.41) is 3.53. The number of carbonyl (C=O) groups is 2. The first-order valence-corrected chi connectivity index (χ1v) is 12.8. The van der Waals surface area contributed by atoms with Crippen molar-refractivity contribution in [1.29, 1.82) is 0 Å². The minimum atomic E-state index is -0.399. The molecular weight excluding hydrogens is 519 g/mol. The fourth-order valence-electron chi connectivity index (χ4n) is 4.59. The first kappa shape index (κ1) is 24.8. The molecule has 1 fully saturated rings. The number of hydrogen-bond donors (Lipinski definition) is 1. The maximum Gasteiger partial charge on any atom is 0.259 e. The van der Waals surface area contributed by atoms with Gasteiger partial charge in [-0.3, -0.25) is 14.5 Å². The molecular formula is C30H22ClFN4O3. The van der Waals surface area contributed by atoms with Crippen LogP contribution in [-0.2, 0) is 0 Å². The van der Waals surface area contributed by atoms with Crippen molar-refractivity contribution < 1.29 is 18.4 Å². The van der Waals surface area contributed by atoms with E-state index in [1.807, 2.05) is 18.2 Å². The number of hydrogen-bond acceptors (Lipinski definition) is 5. The van der Waals surface area contributed by atoms with E-state index in [4.69, 9.17) is 16.0 Å². The summed E-state index contributed by atoms with van der Waals surface area (Å²) >= 11 is 6.60. The number of furan rings is 1. The molecule has 1 aliphatic carbocycles. The molecule has 0 bridgehead atoms. The molecule has 9 heteroatoms. The molecule has 1 saturated carbocycles. The maximum absolute atomic E-state index is 13.6. The third kappa shape index (κ3) is 4.64. The van der Waals surface area contributed by atoms with E-state index < -0.39 is 5.82 Å². The highest BCUT2D eigenvalue weighted by Crippen LogP contribution is 2.38. The Labute approximate surface area is 228 Å². The molecule has 0 aliphatic heterocycles. The van der Waals surface area contributed by atoms with Crippen molar-refractivity contribution in [2.24, 2.45) is 0 Å². The number of benzene rings is 2. The lowest BCUT2D eigenvalue weighted by atomic mass is 10.0. The molecule has 3 aromatic heterocycles. The van der Waals surface area contributed by atoms with E-state index in [1.54, 1.807) is 53.7 Å². The van der Waals surface area contributed by atoms with Crippen LogP contribution < -0.4 is 10.2 Å². The predicted octanol–water partition coefficient (Wildman–Crippen LogP) is 6.52. The van der Waals surface area contributed by atoms with E-state index in [1.165, 1.54) is 19.2 Å². The second kappa shape index (κ2) is 9.96. The Morgan fingerprint density at radius 2 is 1.82 bits per heavy atom. The number of pyridine rings is 2. The predicted molar refractivity (Wildman–Crippen MR) is 147 cm³/mol. The molecule has 7 nitrogen and oxygen atoms in total. The molecule has 2 aromatic carbocycles. The number of anilines is 1. The average molecular weight is 541 g/mol. The molecule has 194 valence electrons. The van der Waals surface area contributed by atoms with Crippen LogP contribution in [0.4, 0.5) is 10.2 Å². The summed E-state index contributed by atoms with van der Waals surface area (Å²) in [4.78, 5) is 37.1. The fraction of sp³-hybridized carbons (Fsp3) is 0.133. The van der Waals surface area contributed by atoms with Gasteiger partial charge >= 0.3 is 0 Å². The van der Waals surface area contributed by atoms with E-state index >= 15 is 0 Å². The van der Waals surface area contributed by atoms with Crippen LogP contribution in [0.5, 0.6) is 0 Å². The van der Waals surface area contributed by atoms with Gasteiger partial charge in [0.2, 0.25) is 5.71 Å². The average Bonchev–Trinajstić information content (AvgIpc) is 3.72. The van der Waals surface area contributed by atoms with Gasteiger partial charge in [0.1, 0.15) is 17.4 Å². The number of amides is 2. The third-order valence-electron chi connectivity index (χ3n) is 6.66. The molecule has 3 heterocycles. The van der Waals surface area contributed by atoms with Crippen LogP contribution in [-0.4, -0.2) is 34.9 Å². The van der Waals surface area contributed by atoms with Gasteiger partial charge in [-0.15, -0.1) is 0 Å². The van der Waals surface area contributed by atoms with Crippen LogP contribution in [0.2, 0.25) is 5.02 Å². The Hall–Kier alpha value is -4.56. The third-order valence-corrected chi connectivity index (χ3v) is 6.99. The van der Waals surface area contributed by atoms with Gasteiger partial charge in [-0.2, -0.15) is 0 Å². The molecule has 1 aliphatic rings. The van der Waals surface area contributed by atoms with Crippen LogP contribution in [0, 0.1) is 5.82 Å². The summed E-state index contributed by atoms with van der Waals surface area (Å²) in [5.41, 5.74) is 2.70. The van der Waals surface area contributed by atoms with Gasteiger partial charge in [0, 0.05) is 52.8 Å². The highest BCUT2D eigenvalue weighted by molar-refractivity contribution is 6.33. The zero-order valence-electron chi connectivity index (χ0n) is 20.8. The van der Waals surface area contributed by atoms with Crippen molar-refractivity contribution in [3.05, 3.63) is 101 Å². The Morgan fingerprint density at radius 3 is 2.51 bits per heavy atom. The Morgan fingerprint density at radius 1 is 1.03 bits per heavy atom. The van der Waals surface area contributed by atoms with E-state index in [0.717, 1.165) is 12.8 Å². The van der Waals surface area contributed by atoms with Crippen LogP contribution in [0.3, 0.4) is 0 Å². The summed E-state index contributed by atoms with van der Waals surface area (Å²) in [7, 11) is 1.52. The van der Waals surface area contributed by atoms with Crippen molar-refractivity contribution in [3.63, 3.8) is 0 Å². The Balaban J connectivity index is 1.44. The quantitative estimate of drug-likeness (QED) is 0.265. The van der Waals surface area contributed by atoms with Gasteiger partial charge in [0.15, 0.2) is 0 Å². The van der Waals surface area contributed by atoms with Gasteiger partial charge in [0.25, 0.3) is 11.8 Å². The first-order valence-electron chi connectivity index (χ1n) is 12.4. The molecule has 0 spiro atoms. The molecule has 39 heavy (non-hydrogen) atoms. The van der Waals surface area contributed by atoms with Gasteiger partial charge in [-0.25, -0.2) is 14.4 Å². The molecule has 0 atom stereocenters. The lowest BCUT2D eigenvalue weighted by Gasteiger charge is -2.22. The largest absolute Gasteiger partial charge is 0.437 e. The number of nitrogens with zero attached hydrogens (tertiary/aromatic N) is 3. The smallest absolute Gasteiger partial charge is 0.259 e. The van der Waals surface area contributed by atoms with Crippen LogP contribution in [0.1, 0.15) is 33.6 Å². The van der Waals surface area contributed by atoms with Gasteiger partial charge < -0.3 is 9.73 Å². The maximum atomic E-state index is 13.6. The van der Waals surface area contributed by atoms with Crippen molar-refractivity contribution in [1.82, 2.24) is 15.3 Å². The SMILES string of the molecule is CNC(=O)c1c(-c2ccc(F)cc2)oc2ncc(-c3cc(C(=O)N(c4ccccn4)C4CC4)ccc3Cl)cc12. The lowest BCUT2D eigenvalue weighted by molar-refractivity contribution is 0.0962. The summed E-state index contributed by atoms with van der Waals surface area (Å²) in [5.74, 6) is -0.0660. The van der Waals surface area contributed by atoms with Gasteiger partial charge in [-0.05, 0) is 73.5 Å². The zero-order valence-corrected chi connectivity index (χ0v) is 21.6. The molecule has 2 amide bonds. The van der Waals surface area contributed by atoms with Crippen LogP contribution in [0.15, 0.2) is 83.5 Å². The Bertz CT molecular complexity index is 1720. The Kier molecular flexibility index (Phi) is 6.32. The molecule has 0 radical (unpaired) electrons. The zero-order chi connectivity index (χ0) is 27.1. The molecule has 0 unspecified atom stereocenters. The summed E-state index contributed by atoms with van der Waals surface area (Å²) in [6.45, 7) is 0. The van der Waals surface area contributed by atoms with E-state index in [0.29, 0.717) is 38.5 Å². The number of aromatic nitrogens is 2. The minimum Gasteiger partial charge on any atom is -0.437 e. The number of rotatable bonds is 6. The minimum absolute atomic E-state index is 0.107. The summed E-state index contributed by atoms with van der Waals surface area (Å²) in [6, 6.07) is 18.1. The standard InChI is InChI=1S/C30H22ClFN4O3/c1-33-28(37)26-23-15-19(16-35-29(23)39-27(26)17-5-8-20(32)9-6-17)22-14-18(7-12-24(22)31)30(38)36(21-10-11-21)25-4-2-3-13-34-25/h2-9,12-16,21H,10-11H2,1H3,(H,33,37). The first-order chi connectivity index (χ1) is 18.9.